The Kier molecular flexibility index (Phi) is 8.08. The lowest BCUT2D eigenvalue weighted by molar-refractivity contribution is -0.292. The van der Waals surface area contributed by atoms with Crippen LogP contribution in [0.2, 0.25) is 0 Å². The van der Waals surface area contributed by atoms with Gasteiger partial charge in [0.25, 0.3) is 0 Å². The number of hydrogen-bond acceptors (Lipinski definition) is 7. The van der Waals surface area contributed by atoms with E-state index in [2.05, 4.69) is 15.9 Å². The molecule has 0 amide bonds. The van der Waals surface area contributed by atoms with Gasteiger partial charge in [0.15, 0.2) is 6.29 Å². The molecule has 1 saturated heterocycles. The summed E-state index contributed by atoms with van der Waals surface area (Å²) < 4.78 is 35.2. The second kappa shape index (κ2) is 10.4. The number of alkyl halides is 1. The average molecular weight is 376 g/mol. The first-order valence-electron chi connectivity index (χ1n) is 7.47. The standard InChI is InChI=1S/C11H22BBrO6S/c1-16-11-9(15)10(8(14)7(5-13)19-11)17-3-2-4-18-20-6-12/h7-11,14-15H,2-6,12H2,1H3/t7-,8-,9+,10-,11+/m1/s1/i12TD. The van der Waals surface area contributed by atoms with E-state index in [4.69, 9.17) is 21.1 Å². The van der Waals surface area contributed by atoms with Gasteiger partial charge in [-0.05, 0) is 26.8 Å². The second-order valence-corrected chi connectivity index (χ2v) is 5.66. The summed E-state index contributed by atoms with van der Waals surface area (Å²) in [4.78, 5) is 0. The Morgan fingerprint density at radius 1 is 1.50 bits per heavy atom. The van der Waals surface area contributed by atoms with Crippen LogP contribution in [0, 0.1) is 0 Å². The van der Waals surface area contributed by atoms with Gasteiger partial charge in [0.05, 0.1) is 12.7 Å². The number of aliphatic hydroxyl groups excluding tert-OH is 2. The number of halogens is 1. The molecule has 1 aliphatic heterocycles. The maximum atomic E-state index is 10.1. The zero-order valence-electron chi connectivity index (χ0n) is 13.3. The summed E-state index contributed by atoms with van der Waals surface area (Å²) in [5, 5.41) is 20.6. The molecule has 0 radical (unpaired) electrons. The SMILES string of the molecule is [2H]B([3H])CSOCCCO[C@H]1[C@H](O)[C@@H](OC)O[C@H](CBr)[C@H]1O. The van der Waals surface area contributed by atoms with Crippen molar-refractivity contribution in [3.05, 3.63) is 0 Å². The second-order valence-electron chi connectivity index (χ2n) is 4.21. The van der Waals surface area contributed by atoms with Crippen LogP contribution in [0.3, 0.4) is 0 Å². The molecular formula is C11H22BBrO6S. The van der Waals surface area contributed by atoms with Crippen molar-refractivity contribution in [1.29, 1.82) is 2.67 Å². The van der Waals surface area contributed by atoms with E-state index < -0.39 is 38.5 Å². The van der Waals surface area contributed by atoms with E-state index in [1.807, 2.05) is 0 Å². The minimum atomic E-state index is -1.07. The van der Waals surface area contributed by atoms with Gasteiger partial charge in [-0.1, -0.05) is 15.9 Å². The van der Waals surface area contributed by atoms with Gasteiger partial charge in [-0.25, -0.2) is 0 Å². The maximum absolute atomic E-state index is 10.1. The molecule has 20 heavy (non-hydrogen) atoms. The van der Waals surface area contributed by atoms with E-state index in [9.17, 15) is 10.2 Å². The topological polar surface area (TPSA) is 77.4 Å². The molecule has 1 rings (SSSR count). The number of methoxy groups -OCH3 is 1. The van der Waals surface area contributed by atoms with E-state index in [0.29, 0.717) is 30.6 Å². The first-order valence-corrected chi connectivity index (χ1v) is 8.35. The van der Waals surface area contributed by atoms with Crippen LogP contribution in [0.5, 0.6) is 0 Å². The summed E-state index contributed by atoms with van der Waals surface area (Å²) in [6.45, 7) is 0.707. The molecule has 6 nitrogen and oxygen atoms in total. The first kappa shape index (κ1) is 15.5. The van der Waals surface area contributed by atoms with Crippen molar-refractivity contribution in [2.45, 2.75) is 37.1 Å². The lowest BCUT2D eigenvalue weighted by Crippen LogP contribution is -2.59. The maximum Gasteiger partial charge on any atom is 0.186 e. The van der Waals surface area contributed by atoms with E-state index in [0.717, 1.165) is 12.0 Å². The number of aliphatic hydroxyl groups is 2. The van der Waals surface area contributed by atoms with Crippen molar-refractivity contribution in [2.75, 3.05) is 31.3 Å². The fourth-order valence-corrected chi connectivity index (χ4v) is 2.73. The van der Waals surface area contributed by atoms with E-state index in [1.54, 1.807) is 0 Å². The highest BCUT2D eigenvalue weighted by molar-refractivity contribution is 9.09. The van der Waals surface area contributed by atoms with Gasteiger partial charge in [0, 0.05) is 19.0 Å². The number of ether oxygens (including phenoxy) is 3. The zero-order valence-corrected chi connectivity index (χ0v) is 13.7. The van der Waals surface area contributed by atoms with E-state index >= 15 is 0 Å². The Morgan fingerprint density at radius 2 is 2.30 bits per heavy atom. The van der Waals surface area contributed by atoms with Crippen molar-refractivity contribution >= 4 is 35.7 Å². The predicted octanol–water partition coefficient (Wildman–Crippen LogP) is -0.495. The van der Waals surface area contributed by atoms with Crippen molar-refractivity contribution in [1.82, 2.24) is 0 Å². The van der Waals surface area contributed by atoms with Gasteiger partial charge < -0.3 is 28.6 Å². The monoisotopic (exact) mass is 375 g/mol. The average Bonchev–Trinajstić information content (AvgIpc) is 2.49. The Hall–Kier alpha value is 0.655. The van der Waals surface area contributed by atoms with Crippen LogP contribution < -0.4 is 0 Å². The summed E-state index contributed by atoms with van der Waals surface area (Å²) in [7, 11) is 0.520. The molecule has 0 spiro atoms. The summed E-state index contributed by atoms with van der Waals surface area (Å²) in [5.74, 6) is 0. The summed E-state index contributed by atoms with van der Waals surface area (Å²) in [5.41, 5.74) is 0.292. The van der Waals surface area contributed by atoms with E-state index in [1.165, 1.54) is 7.11 Å². The van der Waals surface area contributed by atoms with Crippen LogP contribution in [-0.2, 0) is 18.4 Å². The fourth-order valence-electron chi connectivity index (χ4n) is 1.87. The predicted molar refractivity (Wildman–Crippen MR) is 82.8 cm³/mol. The molecule has 0 aromatic heterocycles. The molecule has 0 saturated carbocycles. The lowest BCUT2D eigenvalue weighted by Gasteiger charge is -2.41. The minimum absolute atomic E-state index is 0.292. The van der Waals surface area contributed by atoms with Gasteiger partial charge >= 0.3 is 0 Å². The van der Waals surface area contributed by atoms with Crippen LogP contribution >= 0.6 is 28.0 Å². The van der Waals surface area contributed by atoms with Gasteiger partial charge in [0.1, 0.15) is 26.1 Å². The highest BCUT2D eigenvalue weighted by atomic mass is 79.9. The third kappa shape index (κ3) is 5.45. The molecule has 9 heteroatoms. The van der Waals surface area contributed by atoms with Gasteiger partial charge in [-0.15, -0.1) is 0 Å². The molecular weight excluding hydrogens is 351 g/mol. The van der Waals surface area contributed by atoms with E-state index in [-0.39, 0.29) is 0 Å². The molecule has 118 valence electrons. The number of rotatable bonds is 10. The third-order valence-electron chi connectivity index (χ3n) is 2.86. The summed E-state index contributed by atoms with van der Waals surface area (Å²) >= 11 is 4.33. The normalized spacial score (nSPS) is 35.5. The lowest BCUT2D eigenvalue weighted by atomic mass is 9.99. The van der Waals surface area contributed by atoms with Crippen molar-refractivity contribution in [3.63, 3.8) is 0 Å². The van der Waals surface area contributed by atoms with Gasteiger partial charge in [-0.2, -0.15) is 0 Å². The first-order chi connectivity index (χ1) is 10.5. The minimum Gasteiger partial charge on any atom is -0.388 e. The smallest absolute Gasteiger partial charge is 0.186 e. The van der Waals surface area contributed by atoms with Crippen LogP contribution in [-0.4, -0.2) is 82.7 Å². The molecule has 2 N–H and O–H groups in total. The Labute approximate surface area is 135 Å². The number of hydrogen-bond donors (Lipinski definition) is 2. The Bertz CT molecular complexity index is 294. The summed E-state index contributed by atoms with van der Waals surface area (Å²) in [6, 6.07) is 0. The van der Waals surface area contributed by atoms with Crippen molar-refractivity contribution in [3.8, 4) is 0 Å². The molecule has 0 aromatic rings. The van der Waals surface area contributed by atoms with Gasteiger partial charge in [0.2, 0.25) is 0 Å². The van der Waals surface area contributed by atoms with Crippen molar-refractivity contribution < 1.29 is 28.6 Å². The van der Waals surface area contributed by atoms with Gasteiger partial charge in [-0.3, -0.25) is 0 Å². The van der Waals surface area contributed by atoms with Crippen LogP contribution in [0.4, 0.5) is 0 Å². The highest BCUT2D eigenvalue weighted by Crippen LogP contribution is 2.25. The van der Waals surface area contributed by atoms with Crippen LogP contribution in [0.15, 0.2) is 0 Å². The summed E-state index contributed by atoms with van der Waals surface area (Å²) in [6.07, 6.45) is -3.60. The molecule has 0 aromatic carbocycles. The zero-order chi connectivity index (χ0) is 16.5. The van der Waals surface area contributed by atoms with Crippen molar-refractivity contribution in [2.24, 2.45) is 0 Å². The third-order valence-corrected chi connectivity index (χ3v) is 3.97. The molecule has 1 aliphatic rings. The van der Waals surface area contributed by atoms with Crippen LogP contribution in [0.25, 0.3) is 0 Å². The molecule has 0 bridgehead atoms. The van der Waals surface area contributed by atoms with Crippen LogP contribution in [0.1, 0.15) is 6.42 Å². The molecule has 0 aliphatic carbocycles. The quantitative estimate of drug-likeness (QED) is 0.231. The molecule has 0 unspecified atom stereocenters. The Balaban J connectivity index is 2.29. The highest BCUT2D eigenvalue weighted by Gasteiger charge is 2.44. The fraction of sp³-hybridized carbons (Fsp3) is 1.00. The molecule has 5 atom stereocenters. The molecule has 1 heterocycles. The Morgan fingerprint density at radius 3 is 2.95 bits per heavy atom. The largest absolute Gasteiger partial charge is 0.388 e. The molecule has 1 fully saturated rings.